The molecule has 2 aliphatic heterocycles. The summed E-state index contributed by atoms with van der Waals surface area (Å²) >= 11 is 0. The summed E-state index contributed by atoms with van der Waals surface area (Å²) in [5, 5.41) is 11.1. The van der Waals surface area contributed by atoms with Crippen LogP contribution in [-0.4, -0.2) is 41.0 Å². The number of esters is 1. The molecule has 1 unspecified atom stereocenters. The largest absolute Gasteiger partial charge is 0.507 e. The minimum absolute atomic E-state index is 0.0303. The second-order valence-electron chi connectivity index (χ2n) is 7.23. The Hall–Kier alpha value is -3.81. The molecule has 8 heteroatoms. The van der Waals surface area contributed by atoms with Gasteiger partial charge < -0.3 is 24.2 Å². The van der Waals surface area contributed by atoms with Crippen molar-refractivity contribution in [1.29, 1.82) is 0 Å². The average molecular weight is 423 g/mol. The molecule has 1 amide bonds. The Labute approximate surface area is 178 Å². The van der Waals surface area contributed by atoms with Crippen molar-refractivity contribution in [3.05, 3.63) is 59.2 Å². The normalized spacial score (nSPS) is 19.0. The first-order valence-corrected chi connectivity index (χ1v) is 9.87. The van der Waals surface area contributed by atoms with Crippen LogP contribution in [-0.2, 0) is 14.4 Å². The Balaban J connectivity index is 1.84. The number of hydrogen-bond donors (Lipinski definition) is 1. The molecule has 0 radical (unpaired) electrons. The monoisotopic (exact) mass is 423 g/mol. The molecule has 0 spiro atoms. The van der Waals surface area contributed by atoms with Gasteiger partial charge in [-0.3, -0.25) is 14.4 Å². The fourth-order valence-corrected chi connectivity index (χ4v) is 3.81. The van der Waals surface area contributed by atoms with Crippen molar-refractivity contribution in [1.82, 2.24) is 4.90 Å². The number of likely N-dealkylation sites (tertiary alicyclic amines) is 1. The van der Waals surface area contributed by atoms with Crippen LogP contribution in [0, 0.1) is 0 Å². The van der Waals surface area contributed by atoms with Gasteiger partial charge >= 0.3 is 5.97 Å². The molecule has 1 saturated heterocycles. The van der Waals surface area contributed by atoms with Crippen LogP contribution in [0.5, 0.6) is 17.2 Å². The lowest BCUT2D eigenvalue weighted by atomic mass is 9.95. The molecule has 31 heavy (non-hydrogen) atoms. The number of aliphatic hydroxyl groups excluding tert-OH is 1. The molecule has 0 aliphatic carbocycles. The molecule has 0 bridgehead atoms. The van der Waals surface area contributed by atoms with Crippen LogP contribution in [0.25, 0.3) is 5.76 Å². The summed E-state index contributed by atoms with van der Waals surface area (Å²) in [5.74, 6) is -0.985. The summed E-state index contributed by atoms with van der Waals surface area (Å²) in [4.78, 5) is 38.5. The van der Waals surface area contributed by atoms with Gasteiger partial charge in [0, 0.05) is 19.0 Å². The van der Waals surface area contributed by atoms with Crippen LogP contribution < -0.4 is 14.2 Å². The number of benzene rings is 2. The minimum Gasteiger partial charge on any atom is -0.507 e. The summed E-state index contributed by atoms with van der Waals surface area (Å²) in [6.07, 6.45) is 0.622. The Kier molecular flexibility index (Phi) is 5.37. The third-order valence-electron chi connectivity index (χ3n) is 5.09. The summed E-state index contributed by atoms with van der Waals surface area (Å²) in [5.41, 5.74) is 0.853. The predicted molar refractivity (Wildman–Crippen MR) is 110 cm³/mol. The zero-order valence-corrected chi connectivity index (χ0v) is 17.1. The highest BCUT2D eigenvalue weighted by Crippen LogP contribution is 2.42. The number of ether oxygens (including phenoxy) is 3. The molecule has 8 nitrogen and oxygen atoms in total. The topological polar surface area (TPSA) is 102 Å². The van der Waals surface area contributed by atoms with E-state index in [1.54, 1.807) is 42.5 Å². The molecule has 2 heterocycles. The van der Waals surface area contributed by atoms with Gasteiger partial charge in [0.1, 0.15) is 11.5 Å². The molecule has 0 aromatic heterocycles. The van der Waals surface area contributed by atoms with E-state index in [2.05, 4.69) is 0 Å². The van der Waals surface area contributed by atoms with Gasteiger partial charge in [-0.25, -0.2) is 0 Å². The van der Waals surface area contributed by atoms with Gasteiger partial charge in [0.15, 0.2) is 11.5 Å². The quantitative estimate of drug-likeness (QED) is 0.259. The lowest BCUT2D eigenvalue weighted by Gasteiger charge is -2.25. The molecule has 1 atom stereocenters. The van der Waals surface area contributed by atoms with Crippen molar-refractivity contribution >= 4 is 23.4 Å². The number of nitrogens with zero attached hydrogens (tertiary/aromatic N) is 1. The molecule has 1 fully saturated rings. The SMILES string of the molecule is CCCN1C(=O)C(=O)/C(=C(\O)c2ccc3c(c2)OCO3)C1c1cccc(OC(C)=O)c1. The molecule has 0 saturated carbocycles. The number of hydrogen-bond acceptors (Lipinski definition) is 7. The first kappa shape index (κ1) is 20.5. The number of rotatable bonds is 5. The van der Waals surface area contributed by atoms with E-state index in [0.29, 0.717) is 35.6 Å². The van der Waals surface area contributed by atoms with E-state index in [9.17, 15) is 19.5 Å². The standard InChI is InChI=1S/C23H21NO7/c1-3-9-24-20(14-5-4-6-16(10-14)31-13(2)25)19(22(27)23(24)28)21(26)15-7-8-17-18(11-15)30-12-29-17/h4-8,10-11,20,26H,3,9,12H2,1-2H3/b21-19-. The molecule has 4 rings (SSSR count). The summed E-state index contributed by atoms with van der Waals surface area (Å²) < 4.78 is 15.8. The maximum absolute atomic E-state index is 12.9. The third kappa shape index (κ3) is 3.72. The zero-order valence-electron chi connectivity index (χ0n) is 17.1. The van der Waals surface area contributed by atoms with Gasteiger partial charge in [0.2, 0.25) is 6.79 Å². The second-order valence-corrected chi connectivity index (χ2v) is 7.23. The third-order valence-corrected chi connectivity index (χ3v) is 5.09. The maximum Gasteiger partial charge on any atom is 0.308 e. The molecular weight excluding hydrogens is 402 g/mol. The van der Waals surface area contributed by atoms with E-state index in [1.807, 2.05) is 6.92 Å². The number of carbonyl (C=O) groups is 3. The Bertz CT molecular complexity index is 1100. The number of fused-ring (bicyclic) bond motifs is 1. The van der Waals surface area contributed by atoms with Gasteiger partial charge in [-0.05, 0) is 42.3 Å². The lowest BCUT2D eigenvalue weighted by molar-refractivity contribution is -0.139. The van der Waals surface area contributed by atoms with E-state index in [4.69, 9.17) is 14.2 Å². The van der Waals surface area contributed by atoms with Gasteiger partial charge in [-0.1, -0.05) is 19.1 Å². The first-order chi connectivity index (χ1) is 14.9. The molecule has 2 aliphatic rings. The first-order valence-electron chi connectivity index (χ1n) is 9.87. The van der Waals surface area contributed by atoms with E-state index in [1.165, 1.54) is 11.8 Å². The lowest BCUT2D eigenvalue weighted by Crippen LogP contribution is -2.30. The van der Waals surface area contributed by atoms with Crippen molar-refractivity contribution < 1.29 is 33.7 Å². The fourth-order valence-electron chi connectivity index (χ4n) is 3.81. The predicted octanol–water partition coefficient (Wildman–Crippen LogP) is 3.17. The van der Waals surface area contributed by atoms with E-state index in [0.717, 1.165) is 0 Å². The molecule has 1 N–H and O–H groups in total. The molecule has 2 aromatic carbocycles. The van der Waals surface area contributed by atoms with Crippen molar-refractivity contribution in [2.24, 2.45) is 0 Å². The van der Waals surface area contributed by atoms with E-state index in [-0.39, 0.29) is 23.9 Å². The average Bonchev–Trinajstić information content (AvgIpc) is 3.31. The zero-order chi connectivity index (χ0) is 22.1. The molecular formula is C23H21NO7. The highest BCUT2D eigenvalue weighted by Gasteiger charge is 2.45. The highest BCUT2D eigenvalue weighted by atomic mass is 16.7. The number of Topliss-reactive ketones (excluding diaryl/α,β-unsaturated/α-hetero) is 1. The maximum atomic E-state index is 12.9. The molecule has 2 aromatic rings. The Morgan fingerprint density at radius 1 is 1.16 bits per heavy atom. The number of ketones is 1. The van der Waals surface area contributed by atoms with Crippen LogP contribution in [0.2, 0.25) is 0 Å². The Morgan fingerprint density at radius 3 is 2.68 bits per heavy atom. The Morgan fingerprint density at radius 2 is 1.94 bits per heavy atom. The van der Waals surface area contributed by atoms with Gasteiger partial charge in [-0.15, -0.1) is 0 Å². The van der Waals surface area contributed by atoms with Crippen LogP contribution in [0.15, 0.2) is 48.0 Å². The number of aliphatic hydroxyl groups is 1. The summed E-state index contributed by atoms with van der Waals surface area (Å²) in [6.45, 7) is 3.58. The van der Waals surface area contributed by atoms with Gasteiger partial charge in [0.05, 0.1) is 11.6 Å². The number of amides is 1. The summed E-state index contributed by atoms with van der Waals surface area (Å²) in [6, 6.07) is 10.6. The van der Waals surface area contributed by atoms with Crippen molar-refractivity contribution in [2.45, 2.75) is 26.3 Å². The smallest absolute Gasteiger partial charge is 0.308 e. The van der Waals surface area contributed by atoms with E-state index >= 15 is 0 Å². The summed E-state index contributed by atoms with van der Waals surface area (Å²) in [7, 11) is 0. The van der Waals surface area contributed by atoms with E-state index < -0.39 is 23.7 Å². The van der Waals surface area contributed by atoms with Crippen molar-refractivity contribution in [3.8, 4) is 17.2 Å². The van der Waals surface area contributed by atoms with Gasteiger partial charge in [0.25, 0.3) is 11.7 Å². The van der Waals surface area contributed by atoms with Crippen LogP contribution >= 0.6 is 0 Å². The van der Waals surface area contributed by atoms with Crippen LogP contribution in [0.3, 0.4) is 0 Å². The number of carbonyl (C=O) groups excluding carboxylic acids is 3. The molecule has 160 valence electrons. The van der Waals surface area contributed by atoms with Crippen LogP contribution in [0.4, 0.5) is 0 Å². The highest BCUT2D eigenvalue weighted by molar-refractivity contribution is 6.46. The van der Waals surface area contributed by atoms with Crippen LogP contribution in [0.1, 0.15) is 37.4 Å². The minimum atomic E-state index is -0.819. The second kappa shape index (κ2) is 8.14. The fraction of sp³-hybridized carbons (Fsp3) is 0.261. The van der Waals surface area contributed by atoms with Crippen molar-refractivity contribution in [3.63, 3.8) is 0 Å². The van der Waals surface area contributed by atoms with Crippen molar-refractivity contribution in [2.75, 3.05) is 13.3 Å². The van der Waals surface area contributed by atoms with Gasteiger partial charge in [-0.2, -0.15) is 0 Å².